The predicted molar refractivity (Wildman–Crippen MR) is 89.4 cm³/mol. The second-order valence-corrected chi connectivity index (χ2v) is 8.04. The minimum Gasteiger partial charge on any atom is -0.361 e. The molecule has 5 nitrogen and oxygen atoms in total. The zero-order valence-corrected chi connectivity index (χ0v) is 13.7. The van der Waals surface area contributed by atoms with E-state index in [2.05, 4.69) is 27.7 Å². The Morgan fingerprint density at radius 2 is 2.05 bits per heavy atom. The number of H-pyrrole nitrogens is 1. The first-order valence-electron chi connectivity index (χ1n) is 7.76. The topological polar surface area (TPSA) is 65.2 Å². The number of aryl methyl sites for hydroxylation is 1. The third kappa shape index (κ3) is 3.88. The van der Waals surface area contributed by atoms with Gasteiger partial charge in [0.2, 0.25) is 10.0 Å². The molecule has 1 saturated heterocycles. The molecule has 0 unspecified atom stereocenters. The summed E-state index contributed by atoms with van der Waals surface area (Å²) in [4.78, 5) is 5.38. The Balaban J connectivity index is 1.57. The van der Waals surface area contributed by atoms with Gasteiger partial charge in [0, 0.05) is 17.8 Å². The monoisotopic (exact) mass is 321 g/mol. The van der Waals surface area contributed by atoms with E-state index in [1.807, 2.05) is 24.4 Å². The largest absolute Gasteiger partial charge is 0.361 e. The minimum absolute atomic E-state index is 0.0911. The van der Waals surface area contributed by atoms with Gasteiger partial charge in [-0.1, -0.05) is 6.07 Å². The molecule has 1 aromatic heterocycles. The van der Waals surface area contributed by atoms with Crippen molar-refractivity contribution in [3.05, 3.63) is 36.0 Å². The van der Waals surface area contributed by atoms with Crippen LogP contribution in [0.4, 0.5) is 0 Å². The van der Waals surface area contributed by atoms with Crippen molar-refractivity contribution in [2.75, 3.05) is 25.9 Å². The van der Waals surface area contributed by atoms with Crippen molar-refractivity contribution in [1.82, 2.24) is 14.6 Å². The molecule has 0 saturated carbocycles. The SMILES string of the molecule is CN1CCC(NS(=O)(=O)CCc2ccc3[nH]ccc3c2)CC1. The normalized spacial score (nSPS) is 18.0. The van der Waals surface area contributed by atoms with Crippen molar-refractivity contribution in [1.29, 1.82) is 0 Å². The van der Waals surface area contributed by atoms with E-state index in [0.717, 1.165) is 42.4 Å². The highest BCUT2D eigenvalue weighted by Gasteiger charge is 2.21. The minimum atomic E-state index is -3.21. The Morgan fingerprint density at radius 3 is 2.82 bits per heavy atom. The number of likely N-dealkylation sites (tertiary alicyclic amines) is 1. The second-order valence-electron chi connectivity index (χ2n) is 6.16. The van der Waals surface area contributed by atoms with Crippen molar-refractivity contribution in [3.8, 4) is 0 Å². The fourth-order valence-corrected chi connectivity index (χ4v) is 4.32. The summed E-state index contributed by atoms with van der Waals surface area (Å²) in [5.74, 6) is 0.148. The van der Waals surface area contributed by atoms with Gasteiger partial charge in [-0.2, -0.15) is 0 Å². The van der Waals surface area contributed by atoms with Crippen LogP contribution in [0.15, 0.2) is 30.5 Å². The zero-order chi connectivity index (χ0) is 15.6. The molecule has 0 amide bonds. The average Bonchev–Trinajstić information content (AvgIpc) is 2.95. The summed E-state index contributed by atoms with van der Waals surface area (Å²) in [7, 11) is -1.14. The lowest BCUT2D eigenvalue weighted by molar-refractivity contribution is 0.248. The smallest absolute Gasteiger partial charge is 0.212 e. The molecule has 0 aliphatic carbocycles. The quantitative estimate of drug-likeness (QED) is 0.881. The number of rotatable bonds is 5. The van der Waals surface area contributed by atoms with E-state index in [9.17, 15) is 8.42 Å². The van der Waals surface area contributed by atoms with E-state index >= 15 is 0 Å². The molecule has 120 valence electrons. The van der Waals surface area contributed by atoms with Crippen LogP contribution in [0.25, 0.3) is 10.9 Å². The van der Waals surface area contributed by atoms with Gasteiger partial charge in [0.25, 0.3) is 0 Å². The molecule has 0 spiro atoms. The number of aromatic amines is 1. The van der Waals surface area contributed by atoms with Crippen LogP contribution in [0.5, 0.6) is 0 Å². The molecular weight excluding hydrogens is 298 g/mol. The number of nitrogens with zero attached hydrogens (tertiary/aromatic N) is 1. The molecule has 1 fully saturated rings. The molecule has 1 aromatic carbocycles. The van der Waals surface area contributed by atoms with Gasteiger partial charge in [0.15, 0.2) is 0 Å². The Kier molecular flexibility index (Phi) is 4.52. The molecule has 3 rings (SSSR count). The summed E-state index contributed by atoms with van der Waals surface area (Å²) < 4.78 is 27.3. The summed E-state index contributed by atoms with van der Waals surface area (Å²) in [6, 6.07) is 8.14. The van der Waals surface area contributed by atoms with E-state index in [1.54, 1.807) is 0 Å². The van der Waals surface area contributed by atoms with Crippen molar-refractivity contribution in [3.63, 3.8) is 0 Å². The summed E-state index contributed by atoms with van der Waals surface area (Å²) in [5.41, 5.74) is 2.14. The van der Waals surface area contributed by atoms with Crippen LogP contribution in [0.3, 0.4) is 0 Å². The van der Waals surface area contributed by atoms with E-state index in [0.29, 0.717) is 6.42 Å². The number of hydrogen-bond acceptors (Lipinski definition) is 3. The molecule has 2 aromatic rings. The third-order valence-corrected chi connectivity index (χ3v) is 5.78. The van der Waals surface area contributed by atoms with Gasteiger partial charge < -0.3 is 9.88 Å². The number of benzene rings is 1. The summed E-state index contributed by atoms with van der Waals surface area (Å²) >= 11 is 0. The van der Waals surface area contributed by atoms with Gasteiger partial charge in [0.1, 0.15) is 0 Å². The van der Waals surface area contributed by atoms with Gasteiger partial charge in [-0.3, -0.25) is 0 Å². The van der Waals surface area contributed by atoms with E-state index < -0.39 is 10.0 Å². The molecule has 6 heteroatoms. The fraction of sp³-hybridized carbons (Fsp3) is 0.500. The maximum absolute atomic E-state index is 12.2. The highest BCUT2D eigenvalue weighted by atomic mass is 32.2. The van der Waals surface area contributed by atoms with Crippen LogP contribution in [0.1, 0.15) is 18.4 Å². The molecule has 22 heavy (non-hydrogen) atoms. The molecule has 1 aliphatic heterocycles. The van der Waals surface area contributed by atoms with Crippen LogP contribution in [-0.2, 0) is 16.4 Å². The molecular formula is C16H23N3O2S. The van der Waals surface area contributed by atoms with Gasteiger partial charge in [-0.15, -0.1) is 0 Å². The van der Waals surface area contributed by atoms with Gasteiger partial charge in [-0.25, -0.2) is 13.1 Å². The number of nitrogens with one attached hydrogen (secondary N) is 2. The first kappa shape index (κ1) is 15.5. The Hall–Kier alpha value is -1.37. The number of hydrogen-bond donors (Lipinski definition) is 2. The fourth-order valence-electron chi connectivity index (χ4n) is 2.95. The number of sulfonamides is 1. The Morgan fingerprint density at radius 1 is 1.27 bits per heavy atom. The summed E-state index contributed by atoms with van der Waals surface area (Å²) in [5, 5.41) is 1.12. The first-order valence-corrected chi connectivity index (χ1v) is 9.42. The van der Waals surface area contributed by atoms with Crippen LogP contribution in [0, 0.1) is 0 Å². The standard InChI is InChI=1S/C16H23N3O2S/c1-19-9-5-15(6-10-19)18-22(20,21)11-7-13-2-3-16-14(12-13)4-8-17-16/h2-4,8,12,15,17-18H,5-7,9-11H2,1H3. The lowest BCUT2D eigenvalue weighted by Crippen LogP contribution is -2.44. The van der Waals surface area contributed by atoms with Crippen molar-refractivity contribution < 1.29 is 8.42 Å². The second kappa shape index (κ2) is 6.40. The highest BCUT2D eigenvalue weighted by molar-refractivity contribution is 7.89. The van der Waals surface area contributed by atoms with Gasteiger partial charge in [0.05, 0.1) is 5.75 Å². The van der Waals surface area contributed by atoms with Crippen LogP contribution < -0.4 is 4.72 Å². The average molecular weight is 321 g/mol. The summed E-state index contributed by atoms with van der Waals surface area (Å²) in [6.45, 7) is 1.91. The summed E-state index contributed by atoms with van der Waals surface area (Å²) in [6.07, 6.45) is 4.23. The predicted octanol–water partition coefficient (Wildman–Crippen LogP) is 1.72. The van der Waals surface area contributed by atoms with E-state index in [1.165, 1.54) is 0 Å². The van der Waals surface area contributed by atoms with Gasteiger partial charge >= 0.3 is 0 Å². The zero-order valence-electron chi connectivity index (χ0n) is 12.9. The van der Waals surface area contributed by atoms with E-state index in [-0.39, 0.29) is 11.8 Å². The van der Waals surface area contributed by atoms with Crippen molar-refractivity contribution in [2.24, 2.45) is 0 Å². The first-order chi connectivity index (χ1) is 10.5. The van der Waals surface area contributed by atoms with Crippen LogP contribution in [0.2, 0.25) is 0 Å². The number of fused-ring (bicyclic) bond motifs is 1. The molecule has 1 aliphatic rings. The Bertz CT molecular complexity index is 731. The molecule has 0 atom stereocenters. The van der Waals surface area contributed by atoms with Gasteiger partial charge in [-0.05, 0) is 68.5 Å². The highest BCUT2D eigenvalue weighted by Crippen LogP contribution is 2.15. The molecule has 0 radical (unpaired) electrons. The Labute approximate surface area is 131 Å². The van der Waals surface area contributed by atoms with Crippen LogP contribution >= 0.6 is 0 Å². The maximum atomic E-state index is 12.2. The molecule has 2 heterocycles. The third-order valence-electron chi connectivity index (χ3n) is 4.34. The van der Waals surface area contributed by atoms with E-state index in [4.69, 9.17) is 0 Å². The molecule has 0 bridgehead atoms. The molecule has 2 N–H and O–H groups in total. The maximum Gasteiger partial charge on any atom is 0.212 e. The number of piperidine rings is 1. The number of aromatic nitrogens is 1. The van der Waals surface area contributed by atoms with Crippen molar-refractivity contribution in [2.45, 2.75) is 25.3 Å². The van der Waals surface area contributed by atoms with Crippen molar-refractivity contribution >= 4 is 20.9 Å². The lowest BCUT2D eigenvalue weighted by atomic mass is 10.1. The lowest BCUT2D eigenvalue weighted by Gasteiger charge is -2.29. The van der Waals surface area contributed by atoms with Crippen LogP contribution in [-0.4, -0.2) is 50.2 Å².